The van der Waals surface area contributed by atoms with Crippen LogP contribution in [0.2, 0.25) is 0 Å². The summed E-state index contributed by atoms with van der Waals surface area (Å²) in [4.78, 5) is 13.9. The number of amides is 1. The van der Waals surface area contributed by atoms with Gasteiger partial charge in [0.25, 0.3) is 0 Å². The van der Waals surface area contributed by atoms with E-state index in [4.69, 9.17) is 4.42 Å². The van der Waals surface area contributed by atoms with Gasteiger partial charge < -0.3 is 14.6 Å². The molecule has 2 aromatic rings. The maximum atomic E-state index is 12.7. The highest BCUT2D eigenvalue weighted by molar-refractivity contribution is 5.91. The van der Waals surface area contributed by atoms with Gasteiger partial charge in [-0.1, -0.05) is 30.3 Å². The van der Waals surface area contributed by atoms with Crippen molar-refractivity contribution in [3.63, 3.8) is 0 Å². The summed E-state index contributed by atoms with van der Waals surface area (Å²) >= 11 is 0. The predicted octanol–water partition coefficient (Wildman–Crippen LogP) is 1.31. The quantitative estimate of drug-likeness (QED) is 0.845. The molecule has 0 spiro atoms. The lowest BCUT2D eigenvalue weighted by atomic mass is 9.95. The van der Waals surface area contributed by atoms with E-state index in [1.165, 1.54) is 4.90 Å². The summed E-state index contributed by atoms with van der Waals surface area (Å²) in [5, 5.41) is 3.13. The average molecular weight is 299 g/mol. The average Bonchev–Trinajstić information content (AvgIpc) is 3.18. The molecule has 1 fully saturated rings. The molecule has 2 N–H and O–H groups in total. The van der Waals surface area contributed by atoms with Gasteiger partial charge in [-0.15, -0.1) is 0 Å². The standard InChI is InChI=1S/C18H22N2O2/c1-20(2)15(16-9-6-12-22-16)13-19-17(21)18(10-11-18)14-7-4-3-5-8-14/h3-9,12,15H,10-11,13H2,1-2H3,(H,19,21)/p+1/t15-/m1/s1. The van der Waals surface area contributed by atoms with Gasteiger partial charge in [0.2, 0.25) is 5.91 Å². The molecule has 1 aromatic carbocycles. The Balaban J connectivity index is 1.67. The Labute approximate surface area is 131 Å². The third kappa shape index (κ3) is 2.79. The molecule has 22 heavy (non-hydrogen) atoms. The zero-order valence-corrected chi connectivity index (χ0v) is 13.1. The highest BCUT2D eigenvalue weighted by Gasteiger charge is 2.51. The van der Waals surface area contributed by atoms with Crippen LogP contribution in [-0.4, -0.2) is 26.5 Å². The second-order valence-corrected chi connectivity index (χ2v) is 6.30. The molecule has 1 heterocycles. The number of benzene rings is 1. The Morgan fingerprint density at radius 2 is 1.95 bits per heavy atom. The number of carbonyl (C=O) groups excluding carboxylic acids is 1. The molecule has 0 bridgehead atoms. The summed E-state index contributed by atoms with van der Waals surface area (Å²) in [6, 6.07) is 14.1. The Kier molecular flexibility index (Phi) is 4.03. The second-order valence-electron chi connectivity index (χ2n) is 6.30. The van der Waals surface area contributed by atoms with Crippen molar-refractivity contribution in [1.29, 1.82) is 0 Å². The van der Waals surface area contributed by atoms with E-state index in [0.717, 1.165) is 24.2 Å². The van der Waals surface area contributed by atoms with Crippen LogP contribution in [0.15, 0.2) is 53.1 Å². The minimum atomic E-state index is -0.309. The molecule has 0 saturated heterocycles. The predicted molar refractivity (Wildman–Crippen MR) is 84.6 cm³/mol. The van der Waals surface area contributed by atoms with Gasteiger partial charge >= 0.3 is 0 Å². The SMILES string of the molecule is C[NH+](C)[C@H](CNC(=O)C1(c2ccccc2)CC1)c1ccco1. The van der Waals surface area contributed by atoms with E-state index in [1.807, 2.05) is 42.5 Å². The first-order chi connectivity index (χ1) is 10.6. The lowest BCUT2D eigenvalue weighted by Crippen LogP contribution is -3.07. The molecular formula is C18H23N2O2+. The van der Waals surface area contributed by atoms with Crippen molar-refractivity contribution < 1.29 is 14.1 Å². The highest BCUT2D eigenvalue weighted by Crippen LogP contribution is 2.48. The van der Waals surface area contributed by atoms with Crippen molar-refractivity contribution in [1.82, 2.24) is 5.32 Å². The second kappa shape index (κ2) is 5.97. The van der Waals surface area contributed by atoms with Crippen molar-refractivity contribution in [2.24, 2.45) is 0 Å². The van der Waals surface area contributed by atoms with E-state index in [0.29, 0.717) is 6.54 Å². The molecule has 116 valence electrons. The Morgan fingerprint density at radius 3 is 2.50 bits per heavy atom. The van der Waals surface area contributed by atoms with Crippen LogP contribution in [0.5, 0.6) is 0 Å². The number of nitrogens with one attached hydrogen (secondary N) is 2. The van der Waals surface area contributed by atoms with E-state index in [2.05, 4.69) is 19.4 Å². The smallest absolute Gasteiger partial charge is 0.230 e. The fourth-order valence-corrected chi connectivity index (χ4v) is 2.97. The lowest BCUT2D eigenvalue weighted by Gasteiger charge is -2.22. The molecule has 3 rings (SSSR count). The lowest BCUT2D eigenvalue weighted by molar-refractivity contribution is -0.891. The van der Waals surface area contributed by atoms with Crippen LogP contribution in [0.4, 0.5) is 0 Å². The zero-order valence-electron chi connectivity index (χ0n) is 13.1. The molecule has 1 aliphatic rings. The fraction of sp³-hybridized carbons (Fsp3) is 0.389. The Bertz CT molecular complexity index is 616. The van der Waals surface area contributed by atoms with Crippen LogP contribution < -0.4 is 10.2 Å². The Hall–Kier alpha value is -2.07. The molecule has 4 nitrogen and oxygen atoms in total. The number of furan rings is 1. The van der Waals surface area contributed by atoms with Gasteiger partial charge in [0.15, 0.2) is 11.8 Å². The van der Waals surface area contributed by atoms with Crippen molar-refractivity contribution in [3.8, 4) is 0 Å². The van der Waals surface area contributed by atoms with Crippen LogP contribution in [0.25, 0.3) is 0 Å². The third-order valence-electron chi connectivity index (χ3n) is 4.56. The summed E-state index contributed by atoms with van der Waals surface area (Å²) in [5.41, 5.74) is 0.815. The zero-order chi connectivity index (χ0) is 15.6. The first-order valence-electron chi connectivity index (χ1n) is 7.81. The molecule has 0 aliphatic heterocycles. The molecule has 1 amide bonds. The van der Waals surface area contributed by atoms with E-state index in [9.17, 15) is 4.79 Å². The number of quaternary nitrogens is 1. The van der Waals surface area contributed by atoms with Gasteiger partial charge in [-0.05, 0) is 30.5 Å². The van der Waals surface area contributed by atoms with Gasteiger partial charge in [0.05, 0.1) is 32.3 Å². The summed E-state index contributed by atoms with van der Waals surface area (Å²) in [6.45, 7) is 0.587. The maximum absolute atomic E-state index is 12.7. The van der Waals surface area contributed by atoms with Crippen LogP contribution in [0, 0.1) is 0 Å². The van der Waals surface area contributed by atoms with Crippen LogP contribution in [0.3, 0.4) is 0 Å². The van der Waals surface area contributed by atoms with Crippen LogP contribution >= 0.6 is 0 Å². The highest BCUT2D eigenvalue weighted by atomic mass is 16.3. The number of carbonyl (C=O) groups is 1. The van der Waals surface area contributed by atoms with E-state index in [-0.39, 0.29) is 17.4 Å². The summed E-state index contributed by atoms with van der Waals surface area (Å²) in [5.74, 6) is 1.04. The van der Waals surface area contributed by atoms with Crippen LogP contribution in [0.1, 0.15) is 30.2 Å². The third-order valence-corrected chi connectivity index (χ3v) is 4.56. The number of hydrogen-bond acceptors (Lipinski definition) is 2. The van der Waals surface area contributed by atoms with Gasteiger partial charge in [0, 0.05) is 0 Å². The molecule has 1 aromatic heterocycles. The first kappa shape index (κ1) is 14.9. The van der Waals surface area contributed by atoms with Gasteiger partial charge in [0.1, 0.15) is 0 Å². The molecule has 1 atom stereocenters. The molecule has 0 radical (unpaired) electrons. The normalized spacial score (nSPS) is 17.2. The van der Waals surface area contributed by atoms with Gasteiger partial charge in [-0.3, -0.25) is 4.79 Å². The van der Waals surface area contributed by atoms with Crippen molar-refractivity contribution in [3.05, 3.63) is 60.1 Å². The van der Waals surface area contributed by atoms with Gasteiger partial charge in [-0.2, -0.15) is 0 Å². The van der Waals surface area contributed by atoms with Crippen molar-refractivity contribution in [2.75, 3.05) is 20.6 Å². The summed E-state index contributed by atoms with van der Waals surface area (Å²) in [6.07, 6.45) is 3.55. The van der Waals surface area contributed by atoms with E-state index < -0.39 is 0 Å². The molecular weight excluding hydrogens is 276 g/mol. The molecule has 1 saturated carbocycles. The van der Waals surface area contributed by atoms with Gasteiger partial charge in [-0.25, -0.2) is 0 Å². The van der Waals surface area contributed by atoms with E-state index >= 15 is 0 Å². The number of rotatable bonds is 6. The largest absolute Gasteiger partial charge is 0.463 e. The fourth-order valence-electron chi connectivity index (χ4n) is 2.97. The number of likely N-dealkylation sites (N-methyl/N-ethyl adjacent to an activating group) is 1. The molecule has 4 heteroatoms. The minimum absolute atomic E-state index is 0.130. The number of hydrogen-bond donors (Lipinski definition) is 2. The van der Waals surface area contributed by atoms with Crippen LogP contribution in [-0.2, 0) is 10.2 Å². The first-order valence-corrected chi connectivity index (χ1v) is 7.81. The summed E-state index contributed by atoms with van der Waals surface area (Å²) < 4.78 is 5.50. The summed E-state index contributed by atoms with van der Waals surface area (Å²) in [7, 11) is 4.15. The monoisotopic (exact) mass is 299 g/mol. The molecule has 0 unspecified atom stereocenters. The minimum Gasteiger partial charge on any atom is -0.463 e. The Morgan fingerprint density at radius 1 is 1.23 bits per heavy atom. The van der Waals surface area contributed by atoms with E-state index in [1.54, 1.807) is 6.26 Å². The molecule has 1 aliphatic carbocycles. The van der Waals surface area contributed by atoms with Crippen molar-refractivity contribution in [2.45, 2.75) is 24.3 Å². The maximum Gasteiger partial charge on any atom is 0.230 e. The van der Waals surface area contributed by atoms with Crippen molar-refractivity contribution >= 4 is 5.91 Å². The topological polar surface area (TPSA) is 46.7 Å².